The lowest BCUT2D eigenvalue weighted by molar-refractivity contribution is -0.115. The molecule has 0 atom stereocenters. The highest BCUT2D eigenvalue weighted by Crippen LogP contribution is 2.27. The smallest absolute Gasteiger partial charge is 0.229 e. The van der Waals surface area contributed by atoms with Gasteiger partial charge in [-0.25, -0.2) is 4.39 Å². The molecule has 0 radical (unpaired) electrons. The van der Waals surface area contributed by atoms with Crippen molar-refractivity contribution in [3.05, 3.63) is 57.8 Å². The van der Waals surface area contributed by atoms with E-state index in [-0.39, 0.29) is 22.9 Å². The summed E-state index contributed by atoms with van der Waals surface area (Å²) in [5.41, 5.74) is 0.697. The monoisotopic (exact) mass is 327 g/mol. The fourth-order valence-corrected chi connectivity index (χ4v) is 2.14. The van der Waals surface area contributed by atoms with Crippen LogP contribution in [0.1, 0.15) is 5.56 Å². The maximum absolute atomic E-state index is 13.6. The molecule has 0 spiro atoms. The number of ether oxygens (including phenoxy) is 1. The maximum Gasteiger partial charge on any atom is 0.229 e. The van der Waals surface area contributed by atoms with Crippen LogP contribution in [-0.4, -0.2) is 13.0 Å². The SMILES string of the molecule is COc1ccc(Cl)cc1NC(=O)Cc1ccc(Cl)cc1F. The van der Waals surface area contributed by atoms with Crippen molar-refractivity contribution in [3.8, 4) is 5.75 Å². The minimum atomic E-state index is -0.518. The minimum absolute atomic E-state index is 0.112. The zero-order valence-corrected chi connectivity index (χ0v) is 12.6. The fraction of sp³-hybridized carbons (Fsp3) is 0.133. The van der Waals surface area contributed by atoms with E-state index in [4.69, 9.17) is 27.9 Å². The molecule has 2 aromatic carbocycles. The maximum atomic E-state index is 13.6. The first-order valence-corrected chi connectivity index (χ1v) is 6.82. The van der Waals surface area contributed by atoms with Crippen molar-refractivity contribution in [2.45, 2.75) is 6.42 Å². The Kier molecular flexibility index (Phi) is 5.04. The number of benzene rings is 2. The Labute approximate surface area is 131 Å². The molecule has 0 saturated carbocycles. The number of rotatable bonds is 4. The zero-order valence-electron chi connectivity index (χ0n) is 11.1. The van der Waals surface area contributed by atoms with E-state index in [1.807, 2.05) is 0 Å². The summed E-state index contributed by atoms with van der Waals surface area (Å²) in [6, 6.07) is 9.04. The Hall–Kier alpha value is -1.78. The Balaban J connectivity index is 2.13. The predicted octanol–water partition coefficient (Wildman–Crippen LogP) is 4.32. The lowest BCUT2D eigenvalue weighted by Crippen LogP contribution is -2.15. The third-order valence-corrected chi connectivity index (χ3v) is 3.27. The average Bonchev–Trinajstić information content (AvgIpc) is 2.42. The van der Waals surface area contributed by atoms with Gasteiger partial charge in [-0.05, 0) is 35.9 Å². The summed E-state index contributed by atoms with van der Waals surface area (Å²) in [7, 11) is 1.48. The standard InChI is InChI=1S/C15H12Cl2FNO2/c1-21-14-5-4-11(17)8-13(14)19-15(20)6-9-2-3-10(16)7-12(9)18/h2-5,7-8H,6H2,1H3,(H,19,20). The first-order valence-electron chi connectivity index (χ1n) is 6.07. The molecule has 2 aromatic rings. The molecule has 0 unspecified atom stereocenters. The summed E-state index contributed by atoms with van der Waals surface area (Å²) in [6.07, 6.45) is -0.112. The summed E-state index contributed by atoms with van der Waals surface area (Å²) in [4.78, 5) is 12.0. The quantitative estimate of drug-likeness (QED) is 0.908. The molecule has 21 heavy (non-hydrogen) atoms. The second-order valence-corrected chi connectivity index (χ2v) is 5.18. The van der Waals surface area contributed by atoms with Gasteiger partial charge in [0.1, 0.15) is 11.6 Å². The van der Waals surface area contributed by atoms with Gasteiger partial charge in [0.15, 0.2) is 0 Å². The first kappa shape index (κ1) is 15.6. The van der Waals surface area contributed by atoms with Gasteiger partial charge in [-0.2, -0.15) is 0 Å². The van der Waals surface area contributed by atoms with E-state index in [0.29, 0.717) is 16.5 Å². The molecule has 3 nitrogen and oxygen atoms in total. The Bertz CT molecular complexity index is 677. The van der Waals surface area contributed by atoms with Crippen molar-refractivity contribution in [3.63, 3.8) is 0 Å². The summed E-state index contributed by atoms with van der Waals surface area (Å²) in [6.45, 7) is 0. The van der Waals surface area contributed by atoms with Crippen LogP contribution in [0.15, 0.2) is 36.4 Å². The topological polar surface area (TPSA) is 38.3 Å². The lowest BCUT2D eigenvalue weighted by Gasteiger charge is -2.11. The van der Waals surface area contributed by atoms with Crippen LogP contribution in [0.2, 0.25) is 10.0 Å². The number of carbonyl (C=O) groups excluding carboxylic acids is 1. The van der Waals surface area contributed by atoms with Gasteiger partial charge >= 0.3 is 0 Å². The molecule has 110 valence electrons. The van der Waals surface area contributed by atoms with E-state index in [0.717, 1.165) is 0 Å². The second-order valence-electron chi connectivity index (χ2n) is 4.31. The number of hydrogen-bond donors (Lipinski definition) is 1. The van der Waals surface area contributed by atoms with Crippen LogP contribution in [0.5, 0.6) is 5.75 Å². The van der Waals surface area contributed by atoms with Crippen molar-refractivity contribution >= 4 is 34.8 Å². The van der Waals surface area contributed by atoms with E-state index in [1.54, 1.807) is 18.2 Å². The summed E-state index contributed by atoms with van der Waals surface area (Å²) >= 11 is 11.5. The highest BCUT2D eigenvalue weighted by molar-refractivity contribution is 6.31. The third kappa shape index (κ3) is 4.09. The van der Waals surface area contributed by atoms with E-state index < -0.39 is 5.82 Å². The van der Waals surface area contributed by atoms with Crippen LogP contribution in [0.25, 0.3) is 0 Å². The van der Waals surface area contributed by atoms with Crippen LogP contribution in [-0.2, 0) is 11.2 Å². The number of nitrogens with one attached hydrogen (secondary N) is 1. The Morgan fingerprint density at radius 2 is 1.86 bits per heavy atom. The van der Waals surface area contributed by atoms with Gasteiger partial charge in [0.05, 0.1) is 19.2 Å². The Morgan fingerprint density at radius 3 is 2.52 bits per heavy atom. The molecule has 1 amide bonds. The van der Waals surface area contributed by atoms with Crippen molar-refractivity contribution in [2.24, 2.45) is 0 Å². The molecule has 0 saturated heterocycles. The number of halogens is 3. The molecule has 0 aromatic heterocycles. The number of carbonyl (C=O) groups is 1. The zero-order chi connectivity index (χ0) is 15.4. The average molecular weight is 328 g/mol. The number of anilines is 1. The summed E-state index contributed by atoms with van der Waals surface area (Å²) < 4.78 is 18.8. The van der Waals surface area contributed by atoms with Crippen LogP contribution in [0.3, 0.4) is 0 Å². The molecular formula is C15H12Cl2FNO2. The van der Waals surface area contributed by atoms with E-state index in [2.05, 4.69) is 5.32 Å². The van der Waals surface area contributed by atoms with Gasteiger partial charge in [0.25, 0.3) is 0 Å². The second kappa shape index (κ2) is 6.78. The molecule has 0 bridgehead atoms. The molecule has 6 heteroatoms. The summed E-state index contributed by atoms with van der Waals surface area (Å²) in [5, 5.41) is 3.39. The van der Waals surface area contributed by atoms with Gasteiger partial charge in [0, 0.05) is 10.0 Å². The number of hydrogen-bond acceptors (Lipinski definition) is 2. The highest BCUT2D eigenvalue weighted by Gasteiger charge is 2.12. The number of methoxy groups -OCH3 is 1. The minimum Gasteiger partial charge on any atom is -0.495 e. The highest BCUT2D eigenvalue weighted by atomic mass is 35.5. The summed E-state index contributed by atoms with van der Waals surface area (Å²) in [5.74, 6) is -0.420. The van der Waals surface area contributed by atoms with Crippen LogP contribution < -0.4 is 10.1 Å². The van der Waals surface area contributed by atoms with E-state index in [9.17, 15) is 9.18 Å². The first-order chi connectivity index (χ1) is 9.99. The van der Waals surface area contributed by atoms with Crippen molar-refractivity contribution in [1.82, 2.24) is 0 Å². The van der Waals surface area contributed by atoms with Crippen LogP contribution >= 0.6 is 23.2 Å². The number of amides is 1. The van der Waals surface area contributed by atoms with Crippen molar-refractivity contribution in [2.75, 3.05) is 12.4 Å². The largest absolute Gasteiger partial charge is 0.495 e. The lowest BCUT2D eigenvalue weighted by atomic mass is 10.1. The molecule has 0 aliphatic heterocycles. The molecule has 0 aliphatic rings. The van der Waals surface area contributed by atoms with Crippen molar-refractivity contribution < 1.29 is 13.9 Å². The molecule has 1 N–H and O–H groups in total. The van der Waals surface area contributed by atoms with E-state index in [1.165, 1.54) is 25.3 Å². The molecule has 2 rings (SSSR count). The van der Waals surface area contributed by atoms with Gasteiger partial charge in [-0.15, -0.1) is 0 Å². The van der Waals surface area contributed by atoms with Crippen LogP contribution in [0, 0.1) is 5.82 Å². The fourth-order valence-electron chi connectivity index (χ4n) is 1.81. The molecule has 0 fully saturated rings. The van der Waals surface area contributed by atoms with Gasteiger partial charge in [-0.1, -0.05) is 29.3 Å². The molecule has 0 heterocycles. The molecule has 0 aliphatic carbocycles. The van der Waals surface area contributed by atoms with E-state index >= 15 is 0 Å². The molecular weight excluding hydrogens is 316 g/mol. The van der Waals surface area contributed by atoms with Gasteiger partial charge < -0.3 is 10.1 Å². The van der Waals surface area contributed by atoms with Crippen molar-refractivity contribution in [1.29, 1.82) is 0 Å². The van der Waals surface area contributed by atoms with Gasteiger partial charge in [-0.3, -0.25) is 4.79 Å². The Morgan fingerprint density at radius 1 is 1.19 bits per heavy atom. The predicted molar refractivity (Wildman–Crippen MR) is 81.7 cm³/mol. The van der Waals surface area contributed by atoms with Gasteiger partial charge in [0.2, 0.25) is 5.91 Å². The third-order valence-electron chi connectivity index (χ3n) is 2.80. The normalized spacial score (nSPS) is 10.3. The van der Waals surface area contributed by atoms with Crippen LogP contribution in [0.4, 0.5) is 10.1 Å².